The number of ether oxygens (including phenoxy) is 2. The minimum Gasteiger partial charge on any atom is -0.493 e. The van der Waals surface area contributed by atoms with Crippen molar-refractivity contribution in [1.82, 2.24) is 10.3 Å². The van der Waals surface area contributed by atoms with Crippen molar-refractivity contribution in [1.29, 1.82) is 0 Å². The van der Waals surface area contributed by atoms with Gasteiger partial charge in [-0.2, -0.15) is 0 Å². The molecule has 0 aliphatic heterocycles. The zero-order chi connectivity index (χ0) is 26.6. The maximum atomic E-state index is 14.1. The van der Waals surface area contributed by atoms with Crippen LogP contribution in [0.4, 0.5) is 4.39 Å². The number of Topliss-reactive ketones (excluding diaryl/α,β-unsaturated/α-hetero) is 1. The van der Waals surface area contributed by atoms with Gasteiger partial charge in [0.2, 0.25) is 0 Å². The van der Waals surface area contributed by atoms with Crippen LogP contribution >= 0.6 is 11.3 Å². The van der Waals surface area contributed by atoms with Crippen LogP contribution in [0.2, 0.25) is 0 Å². The lowest BCUT2D eigenvalue weighted by Crippen LogP contribution is -2.30. The first kappa shape index (κ1) is 25.8. The quantitative estimate of drug-likeness (QED) is 0.294. The predicted octanol–water partition coefficient (Wildman–Crippen LogP) is 5.41. The molecule has 2 N–H and O–H groups in total. The number of aliphatic hydroxyl groups is 1. The number of fused-ring (bicyclic) bond motifs is 1. The predicted molar refractivity (Wildman–Crippen MR) is 144 cm³/mol. The van der Waals surface area contributed by atoms with Crippen molar-refractivity contribution in [2.75, 3.05) is 13.7 Å². The maximum absolute atomic E-state index is 14.1. The number of nitrogens with zero attached hydrogens (tertiary/aromatic N) is 1. The van der Waals surface area contributed by atoms with E-state index in [0.717, 1.165) is 23.8 Å². The van der Waals surface area contributed by atoms with E-state index in [-0.39, 0.29) is 36.0 Å². The smallest absolute Gasteiger partial charge is 0.251 e. The number of halogens is 1. The number of aromatic nitrogens is 1. The Morgan fingerprint density at radius 2 is 1.87 bits per heavy atom. The van der Waals surface area contributed by atoms with Crippen LogP contribution in [0.15, 0.2) is 60.0 Å². The van der Waals surface area contributed by atoms with Crippen LogP contribution in [0.3, 0.4) is 0 Å². The number of hydrogen-bond acceptors (Lipinski definition) is 7. The Hall–Kier alpha value is -3.82. The minimum atomic E-state index is -0.431. The molecule has 1 aliphatic rings. The van der Waals surface area contributed by atoms with E-state index in [1.807, 2.05) is 11.4 Å². The standard InChI is InChI=1S/C29H27FN2O5S/c1-36-27-14-17(8-13-26(27)37-19-11-9-18(33)10-12-19)29(35)31-15-25(34)24-7-3-6-23(32-24)21-16-38-28-20(21)4-2-5-22(28)30/h2-8,13-14,16,18-19,33H,9-12,15H2,1H3,(H,31,35). The van der Waals surface area contributed by atoms with Crippen molar-refractivity contribution in [2.45, 2.75) is 37.9 Å². The van der Waals surface area contributed by atoms with Crippen LogP contribution in [-0.4, -0.2) is 47.6 Å². The van der Waals surface area contributed by atoms with Crippen molar-refractivity contribution in [3.05, 3.63) is 77.1 Å². The number of nitrogens with one attached hydrogen (secondary N) is 1. The highest BCUT2D eigenvalue weighted by atomic mass is 32.1. The molecular formula is C29H27FN2O5S. The summed E-state index contributed by atoms with van der Waals surface area (Å²) >= 11 is 1.29. The second kappa shape index (κ2) is 11.3. The van der Waals surface area contributed by atoms with Crippen molar-refractivity contribution in [2.24, 2.45) is 0 Å². The zero-order valence-electron chi connectivity index (χ0n) is 20.8. The highest BCUT2D eigenvalue weighted by Crippen LogP contribution is 2.35. The van der Waals surface area contributed by atoms with Crippen LogP contribution in [-0.2, 0) is 0 Å². The second-order valence-corrected chi connectivity index (χ2v) is 10.1. The molecule has 1 fully saturated rings. The molecule has 5 rings (SSSR count). The lowest BCUT2D eigenvalue weighted by Gasteiger charge is -2.26. The third kappa shape index (κ3) is 5.54. The van der Waals surface area contributed by atoms with Gasteiger partial charge in [0.1, 0.15) is 11.5 Å². The minimum absolute atomic E-state index is 0.0149. The van der Waals surface area contributed by atoms with Gasteiger partial charge in [-0.25, -0.2) is 9.37 Å². The summed E-state index contributed by atoms with van der Waals surface area (Å²) in [5.74, 6) is -0.122. The normalized spacial score (nSPS) is 17.2. The monoisotopic (exact) mass is 534 g/mol. The molecule has 0 unspecified atom stereocenters. The molecular weight excluding hydrogens is 507 g/mol. The van der Waals surface area contributed by atoms with Crippen molar-refractivity contribution in [3.63, 3.8) is 0 Å². The second-order valence-electron chi connectivity index (χ2n) is 9.19. The number of benzene rings is 2. The summed E-state index contributed by atoms with van der Waals surface area (Å²) in [6, 6.07) is 14.8. The molecule has 1 aliphatic carbocycles. The van der Waals surface area contributed by atoms with Gasteiger partial charge in [0.15, 0.2) is 17.3 Å². The number of hydrogen-bond donors (Lipinski definition) is 2. The van der Waals surface area contributed by atoms with E-state index < -0.39 is 5.91 Å². The van der Waals surface area contributed by atoms with Gasteiger partial charge in [-0.05, 0) is 62.1 Å². The molecule has 1 amide bonds. The molecule has 0 spiro atoms. The number of thiophene rings is 1. The van der Waals surface area contributed by atoms with Crippen LogP contribution in [0.5, 0.6) is 11.5 Å². The van der Waals surface area contributed by atoms with E-state index in [2.05, 4.69) is 10.3 Å². The van der Waals surface area contributed by atoms with Gasteiger partial charge < -0.3 is 19.9 Å². The Morgan fingerprint density at radius 3 is 2.66 bits per heavy atom. The number of methoxy groups -OCH3 is 1. The van der Waals surface area contributed by atoms with Gasteiger partial charge in [-0.1, -0.05) is 18.2 Å². The Balaban J connectivity index is 1.24. The molecule has 2 aromatic carbocycles. The lowest BCUT2D eigenvalue weighted by molar-refractivity contribution is 0.0652. The van der Waals surface area contributed by atoms with Gasteiger partial charge in [0.25, 0.3) is 5.91 Å². The highest BCUT2D eigenvalue weighted by Gasteiger charge is 2.22. The number of carbonyl (C=O) groups is 2. The first-order valence-corrected chi connectivity index (χ1v) is 13.3. The third-order valence-corrected chi connectivity index (χ3v) is 7.64. The molecule has 0 bridgehead atoms. The SMILES string of the molecule is COc1cc(C(=O)NCC(=O)c2cccc(-c3csc4c(F)cccc34)n2)ccc1OC1CCC(O)CC1. The number of aliphatic hydroxyl groups excluding tert-OH is 1. The van der Waals surface area contributed by atoms with Gasteiger partial charge in [0.05, 0.1) is 36.3 Å². The van der Waals surface area contributed by atoms with Crippen molar-refractivity contribution >= 4 is 33.1 Å². The Bertz CT molecular complexity index is 1480. The van der Waals surface area contributed by atoms with Gasteiger partial charge in [0, 0.05) is 21.9 Å². The number of rotatable bonds is 8. The van der Waals surface area contributed by atoms with Gasteiger partial charge >= 0.3 is 0 Å². The summed E-state index contributed by atoms with van der Waals surface area (Å²) in [6.07, 6.45) is 2.61. The molecule has 0 saturated heterocycles. The van der Waals surface area contributed by atoms with E-state index in [4.69, 9.17) is 9.47 Å². The molecule has 0 radical (unpaired) electrons. The third-order valence-electron chi connectivity index (χ3n) is 6.64. The maximum Gasteiger partial charge on any atom is 0.251 e. The van der Waals surface area contributed by atoms with Gasteiger partial charge in [-0.15, -0.1) is 11.3 Å². The van der Waals surface area contributed by atoms with Crippen molar-refractivity contribution < 1.29 is 28.6 Å². The van der Waals surface area contributed by atoms with E-state index >= 15 is 0 Å². The molecule has 0 atom stereocenters. The fourth-order valence-corrected chi connectivity index (χ4v) is 5.53. The molecule has 2 heterocycles. The molecule has 196 valence electrons. The molecule has 38 heavy (non-hydrogen) atoms. The zero-order valence-corrected chi connectivity index (χ0v) is 21.6. The van der Waals surface area contributed by atoms with E-state index in [1.54, 1.807) is 42.5 Å². The number of pyridine rings is 1. The summed E-state index contributed by atoms with van der Waals surface area (Å²) in [7, 11) is 1.50. The van der Waals surface area contributed by atoms with E-state index in [9.17, 15) is 19.1 Å². The summed E-state index contributed by atoms with van der Waals surface area (Å²) in [5.41, 5.74) is 1.85. The largest absolute Gasteiger partial charge is 0.493 e. The van der Waals surface area contributed by atoms with E-state index in [0.29, 0.717) is 40.3 Å². The van der Waals surface area contributed by atoms with Crippen LogP contribution in [0.25, 0.3) is 21.3 Å². The first-order chi connectivity index (χ1) is 18.4. The number of ketones is 1. The number of amides is 1. The molecule has 9 heteroatoms. The Labute approximate surface area is 223 Å². The molecule has 4 aromatic rings. The van der Waals surface area contributed by atoms with Crippen LogP contribution in [0, 0.1) is 5.82 Å². The summed E-state index contributed by atoms with van der Waals surface area (Å²) in [4.78, 5) is 30.1. The van der Waals surface area contributed by atoms with Crippen LogP contribution in [0.1, 0.15) is 46.5 Å². The van der Waals surface area contributed by atoms with Crippen LogP contribution < -0.4 is 14.8 Å². The number of carbonyl (C=O) groups excluding carboxylic acids is 2. The topological polar surface area (TPSA) is 97.8 Å². The first-order valence-electron chi connectivity index (χ1n) is 12.4. The highest BCUT2D eigenvalue weighted by molar-refractivity contribution is 7.17. The fraction of sp³-hybridized carbons (Fsp3) is 0.276. The molecule has 1 saturated carbocycles. The average molecular weight is 535 g/mol. The Morgan fingerprint density at radius 1 is 1.08 bits per heavy atom. The van der Waals surface area contributed by atoms with E-state index in [1.165, 1.54) is 24.5 Å². The fourth-order valence-electron chi connectivity index (χ4n) is 4.56. The summed E-state index contributed by atoms with van der Waals surface area (Å²) in [5, 5.41) is 14.9. The van der Waals surface area contributed by atoms with Crippen molar-refractivity contribution in [3.8, 4) is 22.8 Å². The Kier molecular flexibility index (Phi) is 7.67. The summed E-state index contributed by atoms with van der Waals surface area (Å²) < 4.78 is 26.1. The average Bonchev–Trinajstić information content (AvgIpc) is 3.38. The molecule has 2 aromatic heterocycles. The summed E-state index contributed by atoms with van der Waals surface area (Å²) in [6.45, 7) is -0.237. The molecule has 7 nitrogen and oxygen atoms in total. The lowest BCUT2D eigenvalue weighted by atomic mass is 9.95. The van der Waals surface area contributed by atoms with Gasteiger partial charge in [-0.3, -0.25) is 9.59 Å².